The van der Waals surface area contributed by atoms with E-state index in [4.69, 9.17) is 5.26 Å². The third kappa shape index (κ3) is 3.20. The van der Waals surface area contributed by atoms with Crippen molar-refractivity contribution >= 4 is 5.97 Å². The summed E-state index contributed by atoms with van der Waals surface area (Å²) in [7, 11) is 0. The van der Waals surface area contributed by atoms with E-state index in [0.29, 0.717) is 0 Å². The number of carbonyl (C=O) groups is 1. The number of nitriles is 1. The number of nitrogens with zero attached hydrogens (tertiary/aromatic N) is 2. The third-order valence-corrected chi connectivity index (χ3v) is 2.01. The number of esters is 1. The van der Waals surface area contributed by atoms with Crippen LogP contribution in [0.15, 0.2) is 18.2 Å². The molecular formula is C11H9F3N2O2. The smallest absolute Gasteiger partial charge is 0.433 e. The summed E-state index contributed by atoms with van der Waals surface area (Å²) in [5.41, 5.74) is -1.42. The summed E-state index contributed by atoms with van der Waals surface area (Å²) in [5, 5.41) is 8.80. The number of ether oxygens (including phenoxy) is 1. The van der Waals surface area contributed by atoms with Gasteiger partial charge in [-0.2, -0.15) is 18.4 Å². The molecule has 0 amide bonds. The average Bonchev–Trinajstić information content (AvgIpc) is 2.29. The van der Waals surface area contributed by atoms with Crippen LogP contribution in [-0.2, 0) is 15.7 Å². The second-order valence-corrected chi connectivity index (χ2v) is 3.26. The average molecular weight is 258 g/mol. The van der Waals surface area contributed by atoms with E-state index in [1.165, 1.54) is 13.0 Å². The van der Waals surface area contributed by atoms with Crippen LogP contribution in [0.2, 0.25) is 0 Å². The lowest BCUT2D eigenvalue weighted by Crippen LogP contribution is -2.17. The molecule has 0 aliphatic rings. The Morgan fingerprint density at radius 1 is 1.56 bits per heavy atom. The van der Waals surface area contributed by atoms with Crippen molar-refractivity contribution < 1.29 is 22.7 Å². The van der Waals surface area contributed by atoms with Crippen molar-refractivity contribution in [2.24, 2.45) is 0 Å². The summed E-state index contributed by atoms with van der Waals surface area (Å²) in [6.45, 7) is 1.57. The van der Waals surface area contributed by atoms with Crippen molar-refractivity contribution in [3.63, 3.8) is 0 Å². The molecule has 1 heterocycles. The van der Waals surface area contributed by atoms with Gasteiger partial charge in [-0.15, -0.1) is 0 Å². The Hall–Kier alpha value is -2.10. The number of halogens is 3. The molecule has 0 aliphatic carbocycles. The summed E-state index contributed by atoms with van der Waals surface area (Å²) >= 11 is 0. The molecule has 0 radical (unpaired) electrons. The number of carbonyl (C=O) groups excluding carboxylic acids is 1. The lowest BCUT2D eigenvalue weighted by atomic mass is 10.1. The quantitative estimate of drug-likeness (QED) is 0.780. The van der Waals surface area contributed by atoms with Crippen LogP contribution in [0.3, 0.4) is 0 Å². The maximum Gasteiger partial charge on any atom is 0.433 e. The first-order valence-electron chi connectivity index (χ1n) is 5.00. The topological polar surface area (TPSA) is 63.0 Å². The highest BCUT2D eigenvalue weighted by Crippen LogP contribution is 2.28. The predicted octanol–water partition coefficient (Wildman–Crippen LogP) is 2.27. The predicted molar refractivity (Wildman–Crippen MR) is 54.2 cm³/mol. The summed E-state index contributed by atoms with van der Waals surface area (Å²) in [6, 6.07) is 4.62. The standard InChI is InChI=1S/C11H9F3N2O2/c1-2-18-10(17)7(6-15)8-4-3-5-9(16-8)11(12,13)14/h3-5,7H,2H2,1H3. The van der Waals surface area contributed by atoms with E-state index in [1.54, 1.807) is 6.07 Å². The van der Waals surface area contributed by atoms with Gasteiger partial charge < -0.3 is 4.74 Å². The highest BCUT2D eigenvalue weighted by atomic mass is 19.4. The van der Waals surface area contributed by atoms with Gasteiger partial charge in [0.1, 0.15) is 5.69 Å². The molecule has 0 saturated carbocycles. The van der Waals surface area contributed by atoms with E-state index >= 15 is 0 Å². The van der Waals surface area contributed by atoms with Crippen molar-refractivity contribution in [2.75, 3.05) is 6.61 Å². The van der Waals surface area contributed by atoms with Crippen molar-refractivity contribution in [3.05, 3.63) is 29.6 Å². The van der Waals surface area contributed by atoms with Gasteiger partial charge in [0.25, 0.3) is 0 Å². The van der Waals surface area contributed by atoms with E-state index in [0.717, 1.165) is 12.1 Å². The van der Waals surface area contributed by atoms with Gasteiger partial charge >= 0.3 is 12.1 Å². The van der Waals surface area contributed by atoms with Crippen LogP contribution in [0.4, 0.5) is 13.2 Å². The second-order valence-electron chi connectivity index (χ2n) is 3.26. The molecule has 0 bridgehead atoms. The van der Waals surface area contributed by atoms with Crippen molar-refractivity contribution in [2.45, 2.75) is 19.0 Å². The fraction of sp³-hybridized carbons (Fsp3) is 0.364. The third-order valence-electron chi connectivity index (χ3n) is 2.01. The molecule has 0 N–H and O–H groups in total. The monoisotopic (exact) mass is 258 g/mol. The number of rotatable bonds is 3. The van der Waals surface area contributed by atoms with Gasteiger partial charge in [-0.05, 0) is 19.1 Å². The molecule has 1 aromatic heterocycles. The molecule has 0 saturated heterocycles. The molecule has 4 nitrogen and oxygen atoms in total. The minimum Gasteiger partial charge on any atom is -0.465 e. The van der Waals surface area contributed by atoms with E-state index in [1.807, 2.05) is 0 Å². The lowest BCUT2D eigenvalue weighted by molar-refractivity contribution is -0.145. The summed E-state index contributed by atoms with van der Waals surface area (Å²) in [6.07, 6.45) is -4.62. The zero-order valence-electron chi connectivity index (χ0n) is 9.36. The maximum atomic E-state index is 12.4. The summed E-state index contributed by atoms with van der Waals surface area (Å²) in [4.78, 5) is 14.6. The van der Waals surface area contributed by atoms with Gasteiger partial charge in [-0.25, -0.2) is 4.98 Å². The van der Waals surface area contributed by atoms with E-state index in [9.17, 15) is 18.0 Å². The van der Waals surface area contributed by atoms with E-state index < -0.39 is 23.8 Å². The molecule has 0 fully saturated rings. The molecule has 18 heavy (non-hydrogen) atoms. The highest BCUT2D eigenvalue weighted by molar-refractivity contribution is 5.80. The van der Waals surface area contributed by atoms with Crippen molar-refractivity contribution in [1.29, 1.82) is 5.26 Å². The van der Waals surface area contributed by atoms with Crippen LogP contribution in [0.1, 0.15) is 24.2 Å². The van der Waals surface area contributed by atoms with E-state index in [-0.39, 0.29) is 12.3 Å². The van der Waals surface area contributed by atoms with Crippen LogP contribution < -0.4 is 0 Å². The highest BCUT2D eigenvalue weighted by Gasteiger charge is 2.34. The molecule has 7 heteroatoms. The van der Waals surface area contributed by atoms with Gasteiger partial charge in [-0.1, -0.05) is 6.07 Å². The minimum absolute atomic E-state index is 0.0377. The number of alkyl halides is 3. The van der Waals surface area contributed by atoms with E-state index in [2.05, 4.69) is 9.72 Å². The second kappa shape index (κ2) is 5.49. The zero-order chi connectivity index (χ0) is 13.8. The summed E-state index contributed by atoms with van der Waals surface area (Å²) < 4.78 is 41.9. The van der Waals surface area contributed by atoms with Gasteiger partial charge in [0.2, 0.25) is 0 Å². The molecule has 0 aliphatic heterocycles. The number of pyridine rings is 1. The first-order chi connectivity index (χ1) is 8.40. The molecule has 0 aromatic carbocycles. The number of aromatic nitrogens is 1. The van der Waals surface area contributed by atoms with Crippen LogP contribution in [-0.4, -0.2) is 17.6 Å². The van der Waals surface area contributed by atoms with Crippen LogP contribution in [0.5, 0.6) is 0 Å². The Bertz CT molecular complexity index is 480. The molecule has 1 aromatic rings. The van der Waals surface area contributed by atoms with Crippen molar-refractivity contribution in [1.82, 2.24) is 4.98 Å². The SMILES string of the molecule is CCOC(=O)C(C#N)c1cccc(C(F)(F)F)n1. The van der Waals surface area contributed by atoms with Crippen LogP contribution in [0, 0.1) is 11.3 Å². The fourth-order valence-corrected chi connectivity index (χ4v) is 1.24. The Morgan fingerprint density at radius 2 is 2.22 bits per heavy atom. The fourth-order valence-electron chi connectivity index (χ4n) is 1.24. The normalized spacial score (nSPS) is 12.6. The first kappa shape index (κ1) is 14.0. The molecule has 0 spiro atoms. The summed E-state index contributed by atoms with van der Waals surface area (Å²) in [5.74, 6) is -2.36. The van der Waals surface area contributed by atoms with Gasteiger partial charge in [-0.3, -0.25) is 4.79 Å². The largest absolute Gasteiger partial charge is 0.465 e. The Kier molecular flexibility index (Phi) is 4.26. The van der Waals surface area contributed by atoms with Crippen molar-refractivity contribution in [3.8, 4) is 6.07 Å². The molecule has 1 atom stereocenters. The number of hydrogen-bond acceptors (Lipinski definition) is 4. The van der Waals surface area contributed by atoms with Crippen LogP contribution in [0.25, 0.3) is 0 Å². The molecule has 1 unspecified atom stereocenters. The maximum absolute atomic E-state index is 12.4. The van der Waals surface area contributed by atoms with Crippen LogP contribution >= 0.6 is 0 Å². The Labute approximate surface area is 101 Å². The lowest BCUT2D eigenvalue weighted by Gasteiger charge is -2.10. The van der Waals surface area contributed by atoms with Gasteiger partial charge in [0, 0.05) is 0 Å². The van der Waals surface area contributed by atoms with Gasteiger partial charge in [0.15, 0.2) is 5.92 Å². The Balaban J connectivity index is 3.09. The minimum atomic E-state index is -4.62. The first-order valence-corrected chi connectivity index (χ1v) is 5.00. The molecule has 1 rings (SSSR count). The molecular weight excluding hydrogens is 249 g/mol. The van der Waals surface area contributed by atoms with Gasteiger partial charge in [0.05, 0.1) is 18.4 Å². The molecule has 96 valence electrons. The Morgan fingerprint density at radius 3 is 2.72 bits per heavy atom. The zero-order valence-corrected chi connectivity index (χ0v) is 9.36. The number of hydrogen-bond donors (Lipinski definition) is 0.